The first-order valence-corrected chi connectivity index (χ1v) is 10.8. The third-order valence-corrected chi connectivity index (χ3v) is 7.33. The highest BCUT2D eigenvalue weighted by Crippen LogP contribution is 2.27. The molecule has 0 saturated carbocycles. The number of benzene rings is 1. The van der Waals surface area contributed by atoms with E-state index in [-0.39, 0.29) is 10.8 Å². The smallest absolute Gasteiger partial charge is 0.265 e. The molecule has 2 heterocycles. The van der Waals surface area contributed by atoms with Crippen LogP contribution in [0.4, 0.5) is 5.69 Å². The number of sulfonamides is 1. The van der Waals surface area contributed by atoms with Gasteiger partial charge in [-0.05, 0) is 49.1 Å². The number of anilines is 1. The molecule has 0 bridgehead atoms. The Hall–Kier alpha value is -1.90. The van der Waals surface area contributed by atoms with Gasteiger partial charge in [-0.1, -0.05) is 6.92 Å². The molecular weight excluding hydrogens is 372 g/mol. The molecule has 1 amide bonds. The number of carbonyl (C=O) groups excluding carboxylic acids is 1. The summed E-state index contributed by atoms with van der Waals surface area (Å²) < 4.78 is 32.2. The molecule has 0 aliphatic carbocycles. The largest absolute Gasteiger partial charge is 0.497 e. The Morgan fingerprint density at radius 1 is 1.31 bits per heavy atom. The second-order valence-corrected chi connectivity index (χ2v) is 9.29. The van der Waals surface area contributed by atoms with E-state index in [1.54, 1.807) is 31.4 Å². The number of rotatable bonds is 5. The summed E-state index contributed by atoms with van der Waals surface area (Å²) in [5.74, 6) is 0.729. The topological polar surface area (TPSA) is 75.7 Å². The van der Waals surface area contributed by atoms with E-state index in [1.165, 1.54) is 15.8 Å². The van der Waals surface area contributed by atoms with Crippen LogP contribution in [0.3, 0.4) is 0 Å². The fourth-order valence-electron chi connectivity index (χ4n) is 2.95. The molecule has 2 aromatic rings. The molecule has 6 nitrogen and oxygen atoms in total. The standard InChI is InChI=1S/C18H22N2O4S2/c1-13-4-3-9-20(11-13)26(22,23)16-10-17(25-12-16)18(21)19-14-5-7-15(24-2)8-6-14/h5-8,10,12-13H,3-4,9,11H2,1-2H3,(H,19,21)/t13-/m0/s1. The zero-order valence-electron chi connectivity index (χ0n) is 14.8. The Balaban J connectivity index is 1.72. The lowest BCUT2D eigenvalue weighted by Gasteiger charge is -2.29. The molecule has 1 aromatic carbocycles. The number of thiophene rings is 1. The van der Waals surface area contributed by atoms with Gasteiger partial charge in [0.2, 0.25) is 10.0 Å². The van der Waals surface area contributed by atoms with Crippen molar-refractivity contribution in [2.24, 2.45) is 5.92 Å². The third kappa shape index (κ3) is 4.08. The average molecular weight is 395 g/mol. The van der Waals surface area contributed by atoms with Crippen LogP contribution in [0.5, 0.6) is 5.75 Å². The SMILES string of the molecule is COc1ccc(NC(=O)c2cc(S(=O)(=O)N3CCC[C@H](C)C3)cs2)cc1. The van der Waals surface area contributed by atoms with Crippen LogP contribution in [0, 0.1) is 5.92 Å². The number of methoxy groups -OCH3 is 1. The summed E-state index contributed by atoms with van der Waals surface area (Å²) in [5, 5.41) is 4.31. The third-order valence-electron chi connectivity index (χ3n) is 4.40. The normalized spacial score (nSPS) is 18.5. The van der Waals surface area contributed by atoms with Crippen molar-refractivity contribution in [3.8, 4) is 5.75 Å². The van der Waals surface area contributed by atoms with Crippen molar-refractivity contribution in [1.29, 1.82) is 0 Å². The van der Waals surface area contributed by atoms with Gasteiger partial charge in [-0.3, -0.25) is 4.79 Å². The molecule has 1 aromatic heterocycles. The lowest BCUT2D eigenvalue weighted by atomic mass is 10.0. The minimum Gasteiger partial charge on any atom is -0.497 e. The highest BCUT2D eigenvalue weighted by atomic mass is 32.2. The maximum atomic E-state index is 12.8. The first kappa shape index (κ1) is 18.9. The van der Waals surface area contributed by atoms with Crippen LogP contribution in [0.15, 0.2) is 40.6 Å². The van der Waals surface area contributed by atoms with Crippen molar-refractivity contribution in [2.75, 3.05) is 25.5 Å². The molecule has 1 aliphatic rings. The number of nitrogens with zero attached hydrogens (tertiary/aromatic N) is 1. The number of carbonyl (C=O) groups is 1. The Bertz CT molecular complexity index is 875. The number of hydrogen-bond donors (Lipinski definition) is 1. The van der Waals surface area contributed by atoms with E-state index in [0.29, 0.717) is 35.3 Å². The van der Waals surface area contributed by atoms with E-state index in [0.717, 1.165) is 24.2 Å². The van der Waals surface area contributed by atoms with Crippen molar-refractivity contribution in [2.45, 2.75) is 24.7 Å². The summed E-state index contributed by atoms with van der Waals surface area (Å²) in [5.41, 5.74) is 0.624. The van der Waals surface area contributed by atoms with Crippen LogP contribution in [0.1, 0.15) is 29.4 Å². The van der Waals surface area contributed by atoms with Gasteiger partial charge in [0.1, 0.15) is 5.75 Å². The fraction of sp³-hybridized carbons (Fsp3) is 0.389. The molecular formula is C18H22N2O4S2. The molecule has 26 heavy (non-hydrogen) atoms. The van der Waals surface area contributed by atoms with E-state index in [1.807, 2.05) is 0 Å². The molecule has 0 radical (unpaired) electrons. The summed E-state index contributed by atoms with van der Waals surface area (Å²) in [6, 6.07) is 8.42. The molecule has 8 heteroatoms. The van der Waals surface area contributed by atoms with Crippen molar-refractivity contribution in [3.05, 3.63) is 40.6 Å². The number of hydrogen-bond acceptors (Lipinski definition) is 5. The number of ether oxygens (including phenoxy) is 1. The summed E-state index contributed by atoms with van der Waals surface area (Å²) in [6.07, 6.45) is 1.92. The van der Waals surface area contributed by atoms with Gasteiger partial charge < -0.3 is 10.1 Å². The predicted molar refractivity (Wildman–Crippen MR) is 102 cm³/mol. The van der Waals surface area contributed by atoms with Crippen LogP contribution >= 0.6 is 11.3 Å². The van der Waals surface area contributed by atoms with Crippen LogP contribution in [-0.2, 0) is 10.0 Å². The van der Waals surface area contributed by atoms with Crippen molar-refractivity contribution in [3.63, 3.8) is 0 Å². The van der Waals surface area contributed by atoms with E-state index >= 15 is 0 Å². The quantitative estimate of drug-likeness (QED) is 0.843. The summed E-state index contributed by atoms with van der Waals surface area (Å²) in [7, 11) is -1.97. The molecule has 3 rings (SSSR count). The molecule has 1 N–H and O–H groups in total. The van der Waals surface area contributed by atoms with E-state index < -0.39 is 10.0 Å². The fourth-order valence-corrected chi connectivity index (χ4v) is 5.71. The number of amides is 1. The number of nitrogens with one attached hydrogen (secondary N) is 1. The summed E-state index contributed by atoms with van der Waals surface area (Å²) >= 11 is 1.13. The Labute approximate surface area is 157 Å². The average Bonchev–Trinajstić information content (AvgIpc) is 3.13. The summed E-state index contributed by atoms with van der Waals surface area (Å²) in [4.78, 5) is 13.0. The maximum absolute atomic E-state index is 12.8. The molecule has 1 aliphatic heterocycles. The lowest BCUT2D eigenvalue weighted by molar-refractivity contribution is 0.103. The van der Waals surface area contributed by atoms with Gasteiger partial charge in [0.05, 0.1) is 16.9 Å². The number of piperidine rings is 1. The monoisotopic (exact) mass is 394 g/mol. The molecule has 1 fully saturated rings. The second-order valence-electron chi connectivity index (χ2n) is 6.44. The molecule has 140 valence electrons. The molecule has 0 unspecified atom stereocenters. The van der Waals surface area contributed by atoms with E-state index in [2.05, 4.69) is 12.2 Å². The predicted octanol–water partition coefficient (Wildman–Crippen LogP) is 3.43. The minimum atomic E-state index is -3.54. The highest BCUT2D eigenvalue weighted by molar-refractivity contribution is 7.89. The van der Waals surface area contributed by atoms with Crippen LogP contribution < -0.4 is 10.1 Å². The van der Waals surface area contributed by atoms with E-state index in [4.69, 9.17) is 4.74 Å². The molecule has 1 atom stereocenters. The van der Waals surface area contributed by atoms with Gasteiger partial charge in [0, 0.05) is 24.2 Å². The Morgan fingerprint density at radius 2 is 2.04 bits per heavy atom. The first-order valence-electron chi connectivity index (χ1n) is 8.44. The molecule has 1 saturated heterocycles. The van der Waals surface area contributed by atoms with Gasteiger partial charge in [-0.2, -0.15) is 4.31 Å². The zero-order chi connectivity index (χ0) is 18.7. The second kappa shape index (κ2) is 7.77. The van der Waals surface area contributed by atoms with Gasteiger partial charge in [-0.25, -0.2) is 8.42 Å². The molecule has 0 spiro atoms. The van der Waals surface area contributed by atoms with Crippen LogP contribution in [0.25, 0.3) is 0 Å². The Kier molecular flexibility index (Phi) is 5.64. The van der Waals surface area contributed by atoms with Crippen molar-refractivity contribution >= 4 is 33.0 Å². The summed E-state index contributed by atoms with van der Waals surface area (Å²) in [6.45, 7) is 3.13. The first-order chi connectivity index (χ1) is 12.4. The minimum absolute atomic E-state index is 0.191. The van der Waals surface area contributed by atoms with Crippen molar-refractivity contribution in [1.82, 2.24) is 4.31 Å². The van der Waals surface area contributed by atoms with Gasteiger partial charge in [-0.15, -0.1) is 11.3 Å². The van der Waals surface area contributed by atoms with Gasteiger partial charge >= 0.3 is 0 Å². The zero-order valence-corrected chi connectivity index (χ0v) is 16.4. The maximum Gasteiger partial charge on any atom is 0.265 e. The van der Waals surface area contributed by atoms with Gasteiger partial charge in [0.15, 0.2) is 0 Å². The van der Waals surface area contributed by atoms with Crippen LogP contribution in [-0.4, -0.2) is 38.8 Å². The van der Waals surface area contributed by atoms with Gasteiger partial charge in [0.25, 0.3) is 5.91 Å². The van der Waals surface area contributed by atoms with Crippen molar-refractivity contribution < 1.29 is 17.9 Å². The van der Waals surface area contributed by atoms with E-state index in [9.17, 15) is 13.2 Å². The Morgan fingerprint density at radius 3 is 2.69 bits per heavy atom. The lowest BCUT2D eigenvalue weighted by Crippen LogP contribution is -2.38. The highest BCUT2D eigenvalue weighted by Gasteiger charge is 2.30. The van der Waals surface area contributed by atoms with Crippen LogP contribution in [0.2, 0.25) is 0 Å².